The summed E-state index contributed by atoms with van der Waals surface area (Å²) < 4.78 is 41.7. The number of ether oxygens (including phenoxy) is 3. The molecule has 1 rings (SSSR count). The van der Waals surface area contributed by atoms with Gasteiger partial charge in [-0.25, -0.2) is 13.6 Å². The highest BCUT2D eigenvalue weighted by molar-refractivity contribution is 5.87. The van der Waals surface area contributed by atoms with Gasteiger partial charge in [0.2, 0.25) is 0 Å². The summed E-state index contributed by atoms with van der Waals surface area (Å²) in [5.74, 6) is -3.25. The Hall–Kier alpha value is -2.44. The highest BCUT2D eigenvalue weighted by Gasteiger charge is 2.55. The van der Waals surface area contributed by atoms with Gasteiger partial charge in [0.05, 0.1) is 18.6 Å². The fourth-order valence-electron chi connectivity index (χ4n) is 4.62. The van der Waals surface area contributed by atoms with E-state index >= 15 is 0 Å². The molecule has 0 aromatic heterocycles. The number of carbonyl (C=O) groups is 2. The lowest BCUT2D eigenvalue weighted by atomic mass is 9.51. The number of rotatable bonds is 17. The van der Waals surface area contributed by atoms with Crippen molar-refractivity contribution >= 4 is 18.0 Å². The van der Waals surface area contributed by atoms with Crippen LogP contribution in [0.5, 0.6) is 5.75 Å². The van der Waals surface area contributed by atoms with Crippen molar-refractivity contribution in [2.45, 2.75) is 114 Å². The molecule has 1 aromatic carbocycles. The molecule has 41 heavy (non-hydrogen) atoms. The Bertz CT molecular complexity index is 984. The van der Waals surface area contributed by atoms with Crippen LogP contribution < -0.4 is 4.74 Å². The predicted octanol–water partition coefficient (Wildman–Crippen LogP) is 9.29. The minimum Gasteiger partial charge on any atom is -0.494 e. The van der Waals surface area contributed by atoms with Gasteiger partial charge in [-0.15, -0.1) is 0 Å². The van der Waals surface area contributed by atoms with E-state index in [1.807, 2.05) is 0 Å². The van der Waals surface area contributed by atoms with Gasteiger partial charge in [0.1, 0.15) is 5.75 Å². The number of alkyl halides is 2. The fraction of sp³-hybridized carbons (Fsp3) is 0.706. The number of unbranched alkanes of at least 4 members (excludes halogenated alkanes) is 3. The number of benzene rings is 1. The summed E-state index contributed by atoms with van der Waals surface area (Å²) >= 11 is 0. The average molecular weight is 581 g/mol. The van der Waals surface area contributed by atoms with Crippen LogP contribution >= 0.6 is 0 Å². The van der Waals surface area contributed by atoms with Crippen LogP contribution in [-0.4, -0.2) is 37.7 Å². The fourth-order valence-corrected chi connectivity index (χ4v) is 4.62. The Morgan fingerprint density at radius 1 is 0.805 bits per heavy atom. The lowest BCUT2D eigenvalue weighted by Gasteiger charge is -2.52. The van der Waals surface area contributed by atoms with E-state index in [4.69, 9.17) is 9.47 Å². The number of hydrogen-bond acceptors (Lipinski definition) is 5. The third kappa shape index (κ3) is 12.1. The van der Waals surface area contributed by atoms with E-state index in [9.17, 15) is 18.4 Å². The molecule has 0 aliphatic carbocycles. The molecule has 0 spiro atoms. The van der Waals surface area contributed by atoms with E-state index in [0.717, 1.165) is 50.2 Å². The van der Waals surface area contributed by atoms with Crippen LogP contribution in [0.15, 0.2) is 30.3 Å². The third-order valence-corrected chi connectivity index (χ3v) is 8.79. The molecule has 0 radical (unpaired) electrons. The highest BCUT2D eigenvalue weighted by Crippen LogP contribution is 2.56. The highest BCUT2D eigenvalue weighted by atomic mass is 19.3. The molecule has 5 nitrogen and oxygen atoms in total. The quantitative estimate of drug-likeness (QED) is 0.104. The Labute approximate surface area is 247 Å². The molecule has 0 aliphatic rings. The van der Waals surface area contributed by atoms with Crippen molar-refractivity contribution in [3.05, 3.63) is 35.9 Å². The van der Waals surface area contributed by atoms with Crippen molar-refractivity contribution in [1.82, 2.24) is 0 Å². The molecule has 234 valence electrons. The molecule has 1 unspecified atom stereocenters. The first-order valence-electron chi connectivity index (χ1n) is 14.9. The van der Waals surface area contributed by atoms with Gasteiger partial charge in [-0.1, -0.05) is 73.9 Å². The van der Waals surface area contributed by atoms with Crippen LogP contribution in [0.1, 0.15) is 113 Å². The topological polar surface area (TPSA) is 61.8 Å². The van der Waals surface area contributed by atoms with E-state index in [1.165, 1.54) is 6.08 Å². The second-order valence-corrected chi connectivity index (χ2v) is 13.9. The average Bonchev–Trinajstić information content (AvgIpc) is 2.86. The molecule has 0 amide bonds. The normalized spacial score (nSPS) is 14.5. The van der Waals surface area contributed by atoms with Crippen LogP contribution in [0.2, 0.25) is 0 Å². The molecule has 1 atom stereocenters. The van der Waals surface area contributed by atoms with Crippen LogP contribution in [0, 0.1) is 21.7 Å². The summed E-state index contributed by atoms with van der Waals surface area (Å²) in [6.45, 7) is 20.4. The Morgan fingerprint density at radius 2 is 1.37 bits per heavy atom. The number of esters is 2. The zero-order valence-electron chi connectivity index (χ0n) is 27.1. The van der Waals surface area contributed by atoms with Crippen molar-refractivity contribution < 1.29 is 32.6 Å². The van der Waals surface area contributed by atoms with Crippen LogP contribution in [0.25, 0.3) is 6.08 Å². The monoisotopic (exact) mass is 580 g/mol. The Morgan fingerprint density at radius 3 is 1.88 bits per heavy atom. The maximum absolute atomic E-state index is 13.5. The Balaban J connectivity index is 2.44. The summed E-state index contributed by atoms with van der Waals surface area (Å²) in [5.41, 5.74) is -0.145. The summed E-state index contributed by atoms with van der Waals surface area (Å²) in [7, 11) is 0. The molecule has 0 fully saturated rings. The molecule has 0 saturated heterocycles. The van der Waals surface area contributed by atoms with E-state index in [0.29, 0.717) is 25.9 Å². The molecule has 0 bridgehead atoms. The second-order valence-electron chi connectivity index (χ2n) is 13.9. The zero-order chi connectivity index (χ0) is 31.5. The van der Waals surface area contributed by atoms with Gasteiger partial charge in [0.25, 0.3) is 5.92 Å². The number of halogens is 2. The lowest BCUT2D eigenvalue weighted by Crippen LogP contribution is -2.52. The summed E-state index contributed by atoms with van der Waals surface area (Å²) in [6.07, 6.45) is 8.01. The molecule has 1 aromatic rings. The maximum atomic E-state index is 13.5. The van der Waals surface area contributed by atoms with Gasteiger partial charge in [-0.05, 0) is 79.0 Å². The van der Waals surface area contributed by atoms with Crippen LogP contribution in [0.3, 0.4) is 0 Å². The van der Waals surface area contributed by atoms with Gasteiger partial charge in [0.15, 0.2) is 6.61 Å². The molecular formula is C34H54F2O5. The minimum absolute atomic E-state index is 0.0400. The third-order valence-electron chi connectivity index (χ3n) is 8.79. The van der Waals surface area contributed by atoms with Crippen molar-refractivity contribution in [3.8, 4) is 5.75 Å². The predicted molar refractivity (Wildman–Crippen MR) is 162 cm³/mol. The van der Waals surface area contributed by atoms with Gasteiger partial charge < -0.3 is 14.2 Å². The van der Waals surface area contributed by atoms with Crippen molar-refractivity contribution in [1.29, 1.82) is 0 Å². The standard InChI is InChI=1S/C34H54F2O5/c1-11-31(5,6)24-33(9,32(7,8)30(2,3)4)29(38)40-23-15-13-12-14-22-39-27-19-16-26(17-20-27)18-21-28(37)41-25-34(10,35)36/h16-21H,11-15,22-25H2,1-10H3/b21-18+. The van der Waals surface area contributed by atoms with Gasteiger partial charge in [-0.3, -0.25) is 4.79 Å². The largest absolute Gasteiger partial charge is 0.494 e. The smallest absolute Gasteiger partial charge is 0.330 e. The van der Waals surface area contributed by atoms with E-state index in [2.05, 4.69) is 67.1 Å². The van der Waals surface area contributed by atoms with Crippen molar-refractivity contribution in [2.24, 2.45) is 21.7 Å². The van der Waals surface area contributed by atoms with Crippen molar-refractivity contribution in [3.63, 3.8) is 0 Å². The molecular weight excluding hydrogens is 526 g/mol. The Kier molecular flexibility index (Phi) is 13.5. The summed E-state index contributed by atoms with van der Waals surface area (Å²) in [5, 5.41) is 0. The van der Waals surface area contributed by atoms with Gasteiger partial charge >= 0.3 is 11.9 Å². The SMILES string of the molecule is CCC(C)(C)CC(C)(C(=O)OCCCCCCOc1ccc(/C=C/C(=O)OCC(C)(F)F)cc1)C(C)(C)C(C)(C)C. The molecule has 0 N–H and O–H groups in total. The molecule has 0 saturated carbocycles. The lowest BCUT2D eigenvalue weighted by molar-refractivity contribution is -0.173. The number of hydrogen-bond donors (Lipinski definition) is 0. The maximum Gasteiger partial charge on any atom is 0.330 e. The zero-order valence-corrected chi connectivity index (χ0v) is 27.1. The first-order chi connectivity index (χ1) is 18.7. The first kappa shape index (κ1) is 36.6. The van der Waals surface area contributed by atoms with E-state index < -0.39 is 23.9 Å². The molecule has 7 heteroatoms. The van der Waals surface area contributed by atoms with Crippen LogP contribution in [0.4, 0.5) is 8.78 Å². The van der Waals surface area contributed by atoms with Crippen molar-refractivity contribution in [2.75, 3.05) is 19.8 Å². The number of carbonyl (C=O) groups excluding carboxylic acids is 2. The first-order valence-corrected chi connectivity index (χ1v) is 14.9. The van der Waals surface area contributed by atoms with E-state index in [-0.39, 0.29) is 22.2 Å². The molecule has 0 aliphatic heterocycles. The summed E-state index contributed by atoms with van der Waals surface area (Å²) in [6, 6.07) is 7.14. The van der Waals surface area contributed by atoms with Gasteiger partial charge in [0, 0.05) is 13.0 Å². The second kappa shape index (κ2) is 15.2. The molecule has 0 heterocycles. The van der Waals surface area contributed by atoms with Gasteiger partial charge in [-0.2, -0.15) is 0 Å². The summed E-state index contributed by atoms with van der Waals surface area (Å²) in [4.78, 5) is 25.0. The minimum atomic E-state index is -3.05. The van der Waals surface area contributed by atoms with Crippen LogP contribution in [-0.2, 0) is 19.1 Å². The van der Waals surface area contributed by atoms with E-state index in [1.54, 1.807) is 24.3 Å².